The monoisotopic (exact) mass is 594 g/mol. The fraction of sp³-hybridized carbons (Fsp3) is 0.182. The third kappa shape index (κ3) is 5.87. The van der Waals surface area contributed by atoms with Crippen molar-refractivity contribution < 1.29 is 22.8 Å². The second-order valence-corrected chi connectivity index (χ2v) is 12.5. The molecule has 2 heterocycles. The van der Waals surface area contributed by atoms with Gasteiger partial charge in [0.05, 0.1) is 16.5 Å². The van der Waals surface area contributed by atoms with Crippen LogP contribution in [0.5, 0.6) is 0 Å². The van der Waals surface area contributed by atoms with Crippen molar-refractivity contribution in [2.24, 2.45) is 5.92 Å². The molecule has 2 aliphatic heterocycles. The number of nitrogens with zero attached hydrogens (tertiary/aromatic N) is 2. The van der Waals surface area contributed by atoms with Gasteiger partial charge >= 0.3 is 0 Å². The Morgan fingerprint density at radius 1 is 0.767 bits per heavy atom. The number of nitrogens with one attached hydrogen (secondary N) is 2. The van der Waals surface area contributed by atoms with Crippen LogP contribution in [-0.4, -0.2) is 39.2 Å². The predicted octanol–water partition coefficient (Wildman–Crippen LogP) is 5.07. The summed E-state index contributed by atoms with van der Waals surface area (Å²) in [6.07, 6.45) is 1.72. The number of aryl methyl sites for hydroxylation is 1. The standard InChI is InChI=1S/C33H30N4O5S/c38-31-21-25(22-36(31)28-9-2-1-3-10-28)33(40)35-26-14-12-24(13-15-26)32(39)34-27-16-18-29(19-17-27)43(41,42)37-20-6-8-23-7-4-5-11-30(23)37/h1-5,7,9-19,25H,6,8,20-22H2,(H,34,39)(H,35,40). The van der Waals surface area contributed by atoms with Gasteiger partial charge < -0.3 is 15.5 Å². The molecular weight excluding hydrogens is 564 g/mol. The van der Waals surface area contributed by atoms with Crippen LogP contribution in [0.15, 0.2) is 108 Å². The number of amides is 3. The number of rotatable bonds is 7. The van der Waals surface area contributed by atoms with E-state index in [9.17, 15) is 22.8 Å². The van der Waals surface area contributed by atoms with E-state index >= 15 is 0 Å². The number of benzene rings is 4. The number of para-hydroxylation sites is 2. The first kappa shape index (κ1) is 28.2. The van der Waals surface area contributed by atoms with Gasteiger partial charge in [0.15, 0.2) is 0 Å². The van der Waals surface area contributed by atoms with Crippen LogP contribution in [0.3, 0.4) is 0 Å². The van der Waals surface area contributed by atoms with E-state index < -0.39 is 15.9 Å². The predicted molar refractivity (Wildman–Crippen MR) is 166 cm³/mol. The van der Waals surface area contributed by atoms with E-state index in [1.807, 2.05) is 54.6 Å². The first-order valence-electron chi connectivity index (χ1n) is 14.1. The molecule has 218 valence electrons. The third-order valence-corrected chi connectivity index (χ3v) is 9.57. The van der Waals surface area contributed by atoms with Crippen molar-refractivity contribution >= 4 is 50.5 Å². The van der Waals surface area contributed by atoms with Crippen LogP contribution in [0, 0.1) is 5.92 Å². The van der Waals surface area contributed by atoms with Crippen LogP contribution < -0.4 is 19.8 Å². The highest BCUT2D eigenvalue weighted by Crippen LogP contribution is 2.32. The van der Waals surface area contributed by atoms with E-state index in [0.717, 1.165) is 24.1 Å². The molecule has 6 rings (SSSR count). The molecular formula is C33H30N4O5S. The SMILES string of the molecule is O=C(Nc1ccc(S(=O)(=O)N2CCCc3ccccc32)cc1)c1ccc(NC(=O)C2CC(=O)N(c3ccccc3)C2)cc1. The van der Waals surface area contributed by atoms with Crippen molar-refractivity contribution in [3.8, 4) is 0 Å². The van der Waals surface area contributed by atoms with E-state index in [1.54, 1.807) is 41.3 Å². The van der Waals surface area contributed by atoms with E-state index in [2.05, 4.69) is 10.6 Å². The molecule has 0 saturated carbocycles. The molecule has 9 nitrogen and oxygen atoms in total. The minimum absolute atomic E-state index is 0.0965. The lowest BCUT2D eigenvalue weighted by Crippen LogP contribution is -2.35. The number of carbonyl (C=O) groups excluding carboxylic acids is 3. The lowest BCUT2D eigenvalue weighted by molar-refractivity contribution is -0.122. The topological polar surface area (TPSA) is 116 Å². The number of carbonyl (C=O) groups is 3. The highest BCUT2D eigenvalue weighted by Gasteiger charge is 2.35. The van der Waals surface area contributed by atoms with Crippen molar-refractivity contribution in [2.75, 3.05) is 32.9 Å². The van der Waals surface area contributed by atoms with Crippen LogP contribution in [0.4, 0.5) is 22.7 Å². The molecule has 4 aromatic rings. The van der Waals surface area contributed by atoms with Crippen molar-refractivity contribution in [3.63, 3.8) is 0 Å². The molecule has 1 atom stereocenters. The fourth-order valence-corrected chi connectivity index (χ4v) is 7.02. The molecule has 0 aromatic heterocycles. The first-order valence-corrected chi connectivity index (χ1v) is 15.5. The molecule has 4 aromatic carbocycles. The molecule has 1 fully saturated rings. The van der Waals surface area contributed by atoms with Gasteiger partial charge in [0, 0.05) is 42.1 Å². The molecule has 2 aliphatic rings. The van der Waals surface area contributed by atoms with Gasteiger partial charge in [-0.2, -0.15) is 0 Å². The van der Waals surface area contributed by atoms with Gasteiger partial charge in [-0.15, -0.1) is 0 Å². The summed E-state index contributed by atoms with van der Waals surface area (Å²) in [5.41, 5.74) is 3.81. The second kappa shape index (κ2) is 11.7. The summed E-state index contributed by atoms with van der Waals surface area (Å²) in [6.45, 7) is 0.722. The quantitative estimate of drug-likeness (QED) is 0.310. The molecule has 0 spiro atoms. The van der Waals surface area contributed by atoms with Gasteiger partial charge in [0.2, 0.25) is 11.8 Å². The normalized spacial score (nSPS) is 16.5. The molecule has 1 unspecified atom stereocenters. The van der Waals surface area contributed by atoms with Crippen LogP contribution in [-0.2, 0) is 26.0 Å². The summed E-state index contributed by atoms with van der Waals surface area (Å²) < 4.78 is 28.2. The molecule has 0 radical (unpaired) electrons. The van der Waals surface area contributed by atoms with Crippen molar-refractivity contribution in [1.29, 1.82) is 0 Å². The number of hydrogen-bond donors (Lipinski definition) is 2. The van der Waals surface area contributed by atoms with Crippen LogP contribution in [0.1, 0.15) is 28.8 Å². The summed E-state index contributed by atoms with van der Waals surface area (Å²) in [7, 11) is -3.75. The third-order valence-electron chi connectivity index (χ3n) is 7.75. The second-order valence-electron chi connectivity index (χ2n) is 10.6. The van der Waals surface area contributed by atoms with E-state index in [0.29, 0.717) is 35.7 Å². The molecule has 1 saturated heterocycles. The maximum absolute atomic E-state index is 13.4. The summed E-state index contributed by atoms with van der Waals surface area (Å²) in [6, 6.07) is 29.3. The number of sulfonamides is 1. The number of hydrogen-bond acceptors (Lipinski definition) is 5. The lowest BCUT2D eigenvalue weighted by Gasteiger charge is -2.30. The van der Waals surface area contributed by atoms with Gasteiger partial charge in [-0.3, -0.25) is 18.7 Å². The molecule has 10 heteroatoms. The Morgan fingerprint density at radius 2 is 1.42 bits per heavy atom. The average molecular weight is 595 g/mol. The Morgan fingerprint density at radius 3 is 2.16 bits per heavy atom. The molecule has 43 heavy (non-hydrogen) atoms. The Bertz CT molecular complexity index is 1770. The molecule has 0 aliphatic carbocycles. The average Bonchev–Trinajstić information content (AvgIpc) is 3.43. The largest absolute Gasteiger partial charge is 0.326 e. The van der Waals surface area contributed by atoms with E-state index in [4.69, 9.17) is 0 Å². The number of fused-ring (bicyclic) bond motifs is 1. The minimum atomic E-state index is -3.75. The maximum atomic E-state index is 13.4. The summed E-state index contributed by atoms with van der Waals surface area (Å²) in [5.74, 6) is -1.21. The van der Waals surface area contributed by atoms with Gasteiger partial charge in [-0.05, 0) is 85.1 Å². The fourth-order valence-electron chi connectivity index (χ4n) is 5.48. The van der Waals surface area contributed by atoms with E-state index in [1.165, 1.54) is 16.4 Å². The first-order chi connectivity index (χ1) is 20.8. The zero-order chi connectivity index (χ0) is 30.0. The Labute approximate surface area is 250 Å². The summed E-state index contributed by atoms with van der Waals surface area (Å²) >= 11 is 0. The van der Waals surface area contributed by atoms with Crippen LogP contribution in [0.25, 0.3) is 0 Å². The smallest absolute Gasteiger partial charge is 0.264 e. The summed E-state index contributed by atoms with van der Waals surface area (Å²) in [5, 5.41) is 5.62. The zero-order valence-corrected chi connectivity index (χ0v) is 24.1. The highest BCUT2D eigenvalue weighted by atomic mass is 32.2. The zero-order valence-electron chi connectivity index (χ0n) is 23.3. The van der Waals surface area contributed by atoms with Gasteiger partial charge in [0.1, 0.15) is 0 Å². The van der Waals surface area contributed by atoms with Gasteiger partial charge in [0.25, 0.3) is 15.9 Å². The van der Waals surface area contributed by atoms with E-state index in [-0.39, 0.29) is 29.0 Å². The Balaban J connectivity index is 1.06. The summed E-state index contributed by atoms with van der Waals surface area (Å²) in [4.78, 5) is 39.9. The van der Waals surface area contributed by atoms with Crippen molar-refractivity contribution in [1.82, 2.24) is 0 Å². The lowest BCUT2D eigenvalue weighted by atomic mass is 10.0. The molecule has 0 bridgehead atoms. The van der Waals surface area contributed by atoms with Gasteiger partial charge in [-0.1, -0.05) is 36.4 Å². The maximum Gasteiger partial charge on any atom is 0.264 e. The highest BCUT2D eigenvalue weighted by molar-refractivity contribution is 7.92. The van der Waals surface area contributed by atoms with Crippen LogP contribution >= 0.6 is 0 Å². The van der Waals surface area contributed by atoms with Gasteiger partial charge in [-0.25, -0.2) is 8.42 Å². The van der Waals surface area contributed by atoms with Crippen molar-refractivity contribution in [3.05, 3.63) is 114 Å². The Kier molecular flexibility index (Phi) is 7.69. The Hall–Kier alpha value is -4.96. The molecule has 3 amide bonds. The van der Waals surface area contributed by atoms with Crippen LogP contribution in [0.2, 0.25) is 0 Å². The number of anilines is 4. The minimum Gasteiger partial charge on any atom is -0.326 e. The van der Waals surface area contributed by atoms with Crippen molar-refractivity contribution in [2.45, 2.75) is 24.2 Å². The molecule has 2 N–H and O–H groups in total.